The summed E-state index contributed by atoms with van der Waals surface area (Å²) in [6, 6.07) is 15.2. The van der Waals surface area contributed by atoms with Crippen LogP contribution < -0.4 is 0 Å². The second-order valence-corrected chi connectivity index (χ2v) is 5.33. The highest BCUT2D eigenvalue weighted by Crippen LogP contribution is 2.29. The van der Waals surface area contributed by atoms with Gasteiger partial charge in [0, 0.05) is 23.1 Å². The number of fused-ring (bicyclic) bond motifs is 1. The van der Waals surface area contributed by atoms with Gasteiger partial charge in [-0.1, -0.05) is 30.3 Å². The number of para-hydroxylation sites is 1. The zero-order valence-corrected chi connectivity index (χ0v) is 11.8. The Morgan fingerprint density at radius 2 is 1.62 bits per heavy atom. The van der Waals surface area contributed by atoms with Gasteiger partial charge in [0.05, 0.1) is 10.9 Å². The summed E-state index contributed by atoms with van der Waals surface area (Å²) in [5.41, 5.74) is 1.44. The van der Waals surface area contributed by atoms with Crippen molar-refractivity contribution < 1.29 is 8.78 Å². The SMILES string of the molecule is Fc1cccc(F)c1C(Cl)Cc1ccc2ccccc2n1. The standard InChI is InChI=1S/C17H12ClF2N/c18-13(17-14(19)5-3-6-15(17)20)10-12-9-8-11-4-1-2-7-16(11)21-12/h1-9,13H,10H2. The molecule has 21 heavy (non-hydrogen) atoms. The first-order valence-electron chi connectivity index (χ1n) is 6.58. The smallest absolute Gasteiger partial charge is 0.130 e. The van der Waals surface area contributed by atoms with Crippen LogP contribution in [0.3, 0.4) is 0 Å². The molecule has 0 amide bonds. The van der Waals surface area contributed by atoms with Crippen LogP contribution in [-0.2, 0) is 6.42 Å². The van der Waals surface area contributed by atoms with Gasteiger partial charge in [0.1, 0.15) is 11.6 Å². The van der Waals surface area contributed by atoms with Crippen molar-refractivity contribution in [3.05, 3.63) is 77.5 Å². The molecule has 2 aromatic carbocycles. The first-order chi connectivity index (χ1) is 10.1. The van der Waals surface area contributed by atoms with Gasteiger partial charge in [-0.3, -0.25) is 4.98 Å². The van der Waals surface area contributed by atoms with Gasteiger partial charge in [0.15, 0.2) is 0 Å². The van der Waals surface area contributed by atoms with Crippen LogP contribution in [0.1, 0.15) is 16.6 Å². The molecule has 0 saturated heterocycles. The molecule has 0 fully saturated rings. The van der Waals surface area contributed by atoms with E-state index in [-0.39, 0.29) is 12.0 Å². The third kappa shape index (κ3) is 2.88. The maximum Gasteiger partial charge on any atom is 0.130 e. The zero-order chi connectivity index (χ0) is 14.8. The Balaban J connectivity index is 1.91. The van der Waals surface area contributed by atoms with Gasteiger partial charge in [-0.05, 0) is 24.3 Å². The number of hydrogen-bond donors (Lipinski definition) is 0. The fourth-order valence-electron chi connectivity index (χ4n) is 2.32. The van der Waals surface area contributed by atoms with Crippen LogP contribution in [0, 0.1) is 11.6 Å². The molecule has 1 heterocycles. The van der Waals surface area contributed by atoms with E-state index in [9.17, 15) is 8.78 Å². The van der Waals surface area contributed by atoms with Crippen LogP contribution in [-0.4, -0.2) is 4.98 Å². The molecule has 0 aliphatic heterocycles. The topological polar surface area (TPSA) is 12.9 Å². The Labute approximate surface area is 126 Å². The number of hydrogen-bond acceptors (Lipinski definition) is 1. The maximum absolute atomic E-state index is 13.7. The van der Waals surface area contributed by atoms with Crippen molar-refractivity contribution in [2.24, 2.45) is 0 Å². The van der Waals surface area contributed by atoms with Gasteiger partial charge in [0.25, 0.3) is 0 Å². The van der Waals surface area contributed by atoms with E-state index in [1.165, 1.54) is 18.2 Å². The number of alkyl halides is 1. The van der Waals surface area contributed by atoms with Crippen molar-refractivity contribution in [2.45, 2.75) is 11.8 Å². The monoisotopic (exact) mass is 303 g/mol. The molecule has 1 nitrogen and oxygen atoms in total. The van der Waals surface area contributed by atoms with Gasteiger partial charge in [-0.15, -0.1) is 11.6 Å². The summed E-state index contributed by atoms with van der Waals surface area (Å²) in [7, 11) is 0. The second-order valence-electron chi connectivity index (χ2n) is 4.80. The lowest BCUT2D eigenvalue weighted by molar-refractivity contribution is 0.550. The maximum atomic E-state index is 13.7. The lowest BCUT2D eigenvalue weighted by Gasteiger charge is -2.12. The molecule has 106 valence electrons. The van der Waals surface area contributed by atoms with Gasteiger partial charge >= 0.3 is 0 Å². The third-order valence-electron chi connectivity index (χ3n) is 3.36. The Morgan fingerprint density at radius 3 is 2.38 bits per heavy atom. The summed E-state index contributed by atoms with van der Waals surface area (Å²) in [6.45, 7) is 0. The molecule has 0 N–H and O–H groups in total. The Morgan fingerprint density at radius 1 is 0.905 bits per heavy atom. The van der Waals surface area contributed by atoms with Crippen molar-refractivity contribution in [3.63, 3.8) is 0 Å². The highest BCUT2D eigenvalue weighted by atomic mass is 35.5. The van der Waals surface area contributed by atoms with E-state index in [1.54, 1.807) is 0 Å². The van der Waals surface area contributed by atoms with E-state index in [4.69, 9.17) is 11.6 Å². The van der Waals surface area contributed by atoms with Crippen LogP contribution >= 0.6 is 11.6 Å². The van der Waals surface area contributed by atoms with E-state index < -0.39 is 17.0 Å². The first kappa shape index (κ1) is 14.0. The van der Waals surface area contributed by atoms with E-state index >= 15 is 0 Å². The quantitative estimate of drug-likeness (QED) is 0.618. The lowest BCUT2D eigenvalue weighted by Crippen LogP contribution is -2.03. The summed E-state index contributed by atoms with van der Waals surface area (Å²) < 4.78 is 27.4. The second kappa shape index (κ2) is 5.78. The predicted molar refractivity (Wildman–Crippen MR) is 80.4 cm³/mol. The van der Waals surface area contributed by atoms with Crippen LogP contribution in [0.2, 0.25) is 0 Å². The first-order valence-corrected chi connectivity index (χ1v) is 7.01. The Kier molecular flexibility index (Phi) is 3.84. The molecule has 0 bridgehead atoms. The summed E-state index contributed by atoms with van der Waals surface area (Å²) in [4.78, 5) is 4.47. The van der Waals surface area contributed by atoms with E-state index in [0.717, 1.165) is 10.9 Å². The molecular weight excluding hydrogens is 292 g/mol. The molecule has 0 radical (unpaired) electrons. The minimum Gasteiger partial charge on any atom is -0.253 e. The van der Waals surface area contributed by atoms with Gasteiger partial charge in [-0.25, -0.2) is 8.78 Å². The highest BCUT2D eigenvalue weighted by Gasteiger charge is 2.18. The number of nitrogens with zero attached hydrogens (tertiary/aromatic N) is 1. The summed E-state index contributed by atoms with van der Waals surface area (Å²) >= 11 is 6.18. The van der Waals surface area contributed by atoms with E-state index in [2.05, 4.69) is 4.98 Å². The number of pyridine rings is 1. The van der Waals surface area contributed by atoms with E-state index in [1.807, 2.05) is 36.4 Å². The van der Waals surface area contributed by atoms with Gasteiger partial charge < -0.3 is 0 Å². The lowest BCUT2D eigenvalue weighted by atomic mass is 10.1. The summed E-state index contributed by atoms with van der Waals surface area (Å²) in [5.74, 6) is -1.26. The highest BCUT2D eigenvalue weighted by molar-refractivity contribution is 6.21. The van der Waals surface area contributed by atoms with Gasteiger partial charge in [0.2, 0.25) is 0 Å². The van der Waals surface area contributed by atoms with Gasteiger partial charge in [-0.2, -0.15) is 0 Å². The van der Waals surface area contributed by atoms with Crippen molar-refractivity contribution >= 4 is 22.5 Å². The molecule has 1 aromatic heterocycles. The van der Waals surface area contributed by atoms with Crippen LogP contribution in [0.4, 0.5) is 8.78 Å². The molecule has 1 unspecified atom stereocenters. The fourth-order valence-corrected chi connectivity index (χ4v) is 2.68. The summed E-state index contributed by atoms with van der Waals surface area (Å²) in [5, 5.41) is 0.226. The third-order valence-corrected chi connectivity index (χ3v) is 3.73. The number of rotatable bonds is 3. The van der Waals surface area contributed by atoms with Crippen LogP contribution in [0.15, 0.2) is 54.6 Å². The van der Waals surface area contributed by atoms with Crippen molar-refractivity contribution in [3.8, 4) is 0 Å². The molecule has 0 aliphatic carbocycles. The minimum absolute atomic E-state index is 0.103. The number of halogens is 3. The molecule has 3 aromatic rings. The Hall–Kier alpha value is -2.00. The average molecular weight is 304 g/mol. The summed E-state index contributed by atoms with van der Waals surface area (Å²) in [6.07, 6.45) is 0.268. The molecule has 0 aliphatic rings. The minimum atomic E-state index is -0.792. The average Bonchev–Trinajstić information content (AvgIpc) is 2.47. The molecule has 1 atom stereocenters. The number of benzene rings is 2. The number of aromatic nitrogens is 1. The van der Waals surface area contributed by atoms with Crippen LogP contribution in [0.25, 0.3) is 10.9 Å². The Bertz CT molecular complexity index is 768. The molecule has 3 rings (SSSR count). The largest absolute Gasteiger partial charge is 0.253 e. The van der Waals surface area contributed by atoms with E-state index in [0.29, 0.717) is 5.69 Å². The van der Waals surface area contributed by atoms with Crippen LogP contribution in [0.5, 0.6) is 0 Å². The molecule has 0 saturated carbocycles. The molecular formula is C17H12ClF2N. The van der Waals surface area contributed by atoms with Crippen molar-refractivity contribution in [1.82, 2.24) is 4.98 Å². The zero-order valence-electron chi connectivity index (χ0n) is 11.1. The predicted octanol–water partition coefficient (Wildman–Crippen LogP) is 5.04. The fraction of sp³-hybridized carbons (Fsp3) is 0.118. The molecule has 4 heteroatoms. The molecule has 0 spiro atoms. The van der Waals surface area contributed by atoms with Crippen molar-refractivity contribution in [2.75, 3.05) is 0 Å². The normalized spacial score (nSPS) is 12.5. The van der Waals surface area contributed by atoms with Crippen molar-refractivity contribution in [1.29, 1.82) is 0 Å².